The maximum Gasteiger partial charge on any atom is 0.235 e. The van der Waals surface area contributed by atoms with Crippen molar-refractivity contribution in [1.82, 2.24) is 5.32 Å². The maximum atomic E-state index is 12.0. The Kier molecular flexibility index (Phi) is 5.83. The van der Waals surface area contributed by atoms with Crippen LogP contribution in [0.5, 0.6) is 0 Å². The molecule has 0 radical (unpaired) electrons. The number of hydrogen-bond acceptors (Lipinski definition) is 3. The first-order valence-electron chi connectivity index (χ1n) is 9.20. The average Bonchev–Trinajstić information content (AvgIpc) is 2.79. The van der Waals surface area contributed by atoms with Crippen LogP contribution in [0.2, 0.25) is 0 Å². The van der Waals surface area contributed by atoms with Gasteiger partial charge in [0.15, 0.2) is 5.96 Å². The molecule has 1 aromatic carbocycles. The van der Waals surface area contributed by atoms with E-state index in [0.29, 0.717) is 31.5 Å². The molecular weight excluding hydrogens is 336 g/mol. The first kappa shape index (κ1) is 18.0. The monoisotopic (exact) mass is 364 g/mol. The van der Waals surface area contributed by atoms with Crippen LogP contribution < -0.4 is 15.4 Å². The topological polar surface area (TPSA) is 87.8 Å². The molecule has 1 saturated carbocycles. The molecule has 1 heterocycles. The van der Waals surface area contributed by atoms with E-state index >= 15 is 0 Å². The lowest BCUT2D eigenvalue weighted by Gasteiger charge is -2.17. The molecule has 2 fully saturated rings. The summed E-state index contributed by atoms with van der Waals surface area (Å²) in [6.45, 7) is 1.07. The summed E-state index contributed by atoms with van der Waals surface area (Å²) in [5.41, 5.74) is 7.77. The molecule has 1 saturated heterocycles. The highest BCUT2D eigenvalue weighted by Gasteiger charge is 2.28. The van der Waals surface area contributed by atoms with E-state index < -0.39 is 10.0 Å². The Labute approximate surface area is 150 Å². The predicted octanol–water partition coefficient (Wildman–Crippen LogP) is 2.35. The van der Waals surface area contributed by atoms with Crippen molar-refractivity contribution in [2.24, 2.45) is 10.7 Å². The van der Waals surface area contributed by atoms with E-state index in [0.717, 1.165) is 24.1 Å². The van der Waals surface area contributed by atoms with Crippen LogP contribution in [0.3, 0.4) is 0 Å². The second kappa shape index (κ2) is 8.08. The highest BCUT2D eigenvalue weighted by Crippen LogP contribution is 2.24. The van der Waals surface area contributed by atoms with Gasteiger partial charge in [0.1, 0.15) is 0 Å². The fourth-order valence-electron chi connectivity index (χ4n) is 3.55. The largest absolute Gasteiger partial charge is 0.370 e. The molecule has 1 aliphatic carbocycles. The van der Waals surface area contributed by atoms with Gasteiger partial charge in [0.25, 0.3) is 0 Å². The van der Waals surface area contributed by atoms with Crippen molar-refractivity contribution in [3.8, 4) is 0 Å². The van der Waals surface area contributed by atoms with Crippen LogP contribution in [-0.2, 0) is 16.6 Å². The van der Waals surface area contributed by atoms with Gasteiger partial charge in [-0.25, -0.2) is 13.4 Å². The lowest BCUT2D eigenvalue weighted by atomic mass is 10.1. The summed E-state index contributed by atoms with van der Waals surface area (Å²) < 4.78 is 25.4. The highest BCUT2D eigenvalue weighted by atomic mass is 32.2. The second-order valence-corrected chi connectivity index (χ2v) is 8.96. The Bertz CT molecular complexity index is 692. The normalized spacial score (nSPS) is 21.9. The minimum atomic E-state index is -3.12. The van der Waals surface area contributed by atoms with E-state index in [9.17, 15) is 8.42 Å². The summed E-state index contributed by atoms with van der Waals surface area (Å²) in [7, 11) is -3.12. The molecule has 0 unspecified atom stereocenters. The van der Waals surface area contributed by atoms with E-state index in [4.69, 9.17) is 5.73 Å². The SMILES string of the molecule is NC(=NCc1ccc(N2CCCS2(=O)=O)cc1)NC1CCCCCC1. The Morgan fingerprint density at radius 1 is 1.12 bits per heavy atom. The summed E-state index contributed by atoms with van der Waals surface area (Å²) in [6.07, 6.45) is 8.16. The minimum absolute atomic E-state index is 0.239. The molecule has 138 valence electrons. The molecule has 3 rings (SSSR count). The summed E-state index contributed by atoms with van der Waals surface area (Å²) in [5, 5.41) is 3.34. The number of benzene rings is 1. The van der Waals surface area contributed by atoms with Crippen LogP contribution in [0, 0.1) is 0 Å². The van der Waals surface area contributed by atoms with Gasteiger partial charge >= 0.3 is 0 Å². The van der Waals surface area contributed by atoms with Crippen LogP contribution >= 0.6 is 0 Å². The molecule has 0 aromatic heterocycles. The molecule has 1 aliphatic heterocycles. The van der Waals surface area contributed by atoms with Crippen molar-refractivity contribution in [2.75, 3.05) is 16.6 Å². The maximum absolute atomic E-state index is 12.0. The number of sulfonamides is 1. The van der Waals surface area contributed by atoms with Crippen LogP contribution in [0.15, 0.2) is 29.3 Å². The molecule has 0 amide bonds. The number of anilines is 1. The van der Waals surface area contributed by atoms with Crippen molar-refractivity contribution in [3.63, 3.8) is 0 Å². The first-order valence-corrected chi connectivity index (χ1v) is 10.8. The molecule has 3 N–H and O–H groups in total. The van der Waals surface area contributed by atoms with Gasteiger partial charge in [0.05, 0.1) is 18.0 Å². The van der Waals surface area contributed by atoms with Crippen molar-refractivity contribution >= 4 is 21.7 Å². The lowest BCUT2D eigenvalue weighted by molar-refractivity contribution is 0.530. The molecule has 7 heteroatoms. The zero-order valence-electron chi connectivity index (χ0n) is 14.7. The van der Waals surface area contributed by atoms with E-state index in [1.807, 2.05) is 24.3 Å². The zero-order valence-corrected chi connectivity index (χ0v) is 15.5. The van der Waals surface area contributed by atoms with Crippen molar-refractivity contribution < 1.29 is 8.42 Å². The number of nitrogens with one attached hydrogen (secondary N) is 1. The van der Waals surface area contributed by atoms with Crippen molar-refractivity contribution in [3.05, 3.63) is 29.8 Å². The molecule has 25 heavy (non-hydrogen) atoms. The highest BCUT2D eigenvalue weighted by molar-refractivity contribution is 7.93. The van der Waals surface area contributed by atoms with E-state index in [-0.39, 0.29) is 5.75 Å². The zero-order chi connectivity index (χ0) is 17.7. The fourth-order valence-corrected chi connectivity index (χ4v) is 5.12. The Balaban J connectivity index is 1.56. The predicted molar refractivity (Wildman–Crippen MR) is 102 cm³/mol. The van der Waals surface area contributed by atoms with Gasteiger partial charge in [0, 0.05) is 12.6 Å². The number of nitrogens with two attached hydrogens (primary N) is 1. The smallest absolute Gasteiger partial charge is 0.235 e. The number of guanidine groups is 1. The van der Waals surface area contributed by atoms with Gasteiger partial charge in [-0.3, -0.25) is 4.31 Å². The van der Waals surface area contributed by atoms with Gasteiger partial charge in [0.2, 0.25) is 10.0 Å². The van der Waals surface area contributed by atoms with Crippen molar-refractivity contribution in [2.45, 2.75) is 57.5 Å². The summed E-state index contributed by atoms with van der Waals surface area (Å²) in [4.78, 5) is 4.43. The fraction of sp³-hybridized carbons (Fsp3) is 0.611. The van der Waals surface area contributed by atoms with Crippen LogP contribution in [0.25, 0.3) is 0 Å². The summed E-state index contributed by atoms with van der Waals surface area (Å²) >= 11 is 0. The quantitative estimate of drug-likeness (QED) is 0.488. The average molecular weight is 365 g/mol. The van der Waals surface area contributed by atoms with Crippen LogP contribution in [0.4, 0.5) is 5.69 Å². The van der Waals surface area contributed by atoms with Gasteiger partial charge in [-0.1, -0.05) is 37.8 Å². The number of nitrogens with zero attached hydrogens (tertiary/aromatic N) is 2. The molecule has 0 bridgehead atoms. The second-order valence-electron chi connectivity index (χ2n) is 6.94. The Morgan fingerprint density at radius 3 is 2.40 bits per heavy atom. The lowest BCUT2D eigenvalue weighted by Crippen LogP contribution is -2.39. The van der Waals surface area contributed by atoms with Gasteiger partial charge < -0.3 is 11.1 Å². The number of rotatable bonds is 4. The third-order valence-electron chi connectivity index (χ3n) is 4.96. The first-order chi connectivity index (χ1) is 12.0. The van der Waals surface area contributed by atoms with E-state index in [1.54, 1.807) is 0 Å². The van der Waals surface area contributed by atoms with E-state index in [1.165, 1.54) is 30.0 Å². The van der Waals surface area contributed by atoms with Crippen LogP contribution in [0.1, 0.15) is 50.5 Å². The third-order valence-corrected chi connectivity index (χ3v) is 6.83. The standard InChI is InChI=1S/C18H28N4O2S/c19-18(21-16-6-3-1-2-4-7-16)20-14-15-8-10-17(11-9-15)22-12-5-13-25(22,23)24/h8-11,16H,1-7,12-14H2,(H3,19,20,21). The molecule has 0 atom stereocenters. The Morgan fingerprint density at radius 2 is 1.80 bits per heavy atom. The molecule has 2 aliphatic rings. The Hall–Kier alpha value is -1.76. The van der Waals surface area contributed by atoms with Crippen molar-refractivity contribution in [1.29, 1.82) is 0 Å². The number of hydrogen-bond donors (Lipinski definition) is 2. The van der Waals surface area contributed by atoms with Gasteiger partial charge in [-0.05, 0) is 37.0 Å². The number of aliphatic imine (C=N–C) groups is 1. The molecular formula is C18H28N4O2S. The van der Waals surface area contributed by atoms with Gasteiger partial charge in [-0.2, -0.15) is 0 Å². The third kappa shape index (κ3) is 4.87. The minimum Gasteiger partial charge on any atom is -0.370 e. The van der Waals surface area contributed by atoms with Crippen LogP contribution in [-0.4, -0.2) is 32.7 Å². The summed E-state index contributed by atoms with van der Waals surface area (Å²) in [5.74, 6) is 0.737. The van der Waals surface area contributed by atoms with E-state index in [2.05, 4.69) is 10.3 Å². The molecule has 6 nitrogen and oxygen atoms in total. The molecule has 1 aromatic rings. The summed E-state index contributed by atoms with van der Waals surface area (Å²) in [6, 6.07) is 7.98. The molecule has 0 spiro atoms. The van der Waals surface area contributed by atoms with Gasteiger partial charge in [-0.15, -0.1) is 0 Å².